The smallest absolute Gasteiger partial charge is 0.262 e. The molecule has 154 valence electrons. The van der Waals surface area contributed by atoms with Gasteiger partial charge in [-0.2, -0.15) is 0 Å². The van der Waals surface area contributed by atoms with Gasteiger partial charge in [-0.05, 0) is 43.8 Å². The topological polar surface area (TPSA) is 44.8 Å². The minimum atomic E-state index is -0.238. The zero-order chi connectivity index (χ0) is 20.8. The van der Waals surface area contributed by atoms with E-state index in [1.165, 1.54) is 0 Å². The SMILES string of the molecule is CCN1CCN(C(=S)c2ccc(OCC(=O)Nc3ccc(C)cc3)c(Cl)c2)CC1. The van der Waals surface area contributed by atoms with Gasteiger partial charge in [0, 0.05) is 37.4 Å². The summed E-state index contributed by atoms with van der Waals surface area (Å²) in [4.78, 5) is 17.5. The third-order valence-electron chi connectivity index (χ3n) is 4.98. The molecule has 1 amide bonds. The zero-order valence-corrected chi connectivity index (χ0v) is 18.4. The molecule has 1 heterocycles. The van der Waals surface area contributed by atoms with Crippen LogP contribution in [0.1, 0.15) is 18.1 Å². The maximum Gasteiger partial charge on any atom is 0.262 e. The number of aryl methyl sites for hydroxylation is 1. The first kappa shape index (κ1) is 21.6. The molecule has 1 aliphatic heterocycles. The molecule has 0 radical (unpaired) electrons. The van der Waals surface area contributed by atoms with Crippen LogP contribution in [-0.4, -0.2) is 60.0 Å². The number of halogens is 1. The zero-order valence-electron chi connectivity index (χ0n) is 16.8. The van der Waals surface area contributed by atoms with Gasteiger partial charge in [-0.15, -0.1) is 0 Å². The Morgan fingerprint density at radius 3 is 2.45 bits per heavy atom. The molecule has 1 saturated heterocycles. The maximum atomic E-state index is 12.1. The highest BCUT2D eigenvalue weighted by molar-refractivity contribution is 7.80. The van der Waals surface area contributed by atoms with Gasteiger partial charge in [-0.1, -0.05) is 48.4 Å². The summed E-state index contributed by atoms with van der Waals surface area (Å²) in [5.74, 6) is 0.228. The predicted octanol–water partition coefficient (Wildman–Crippen LogP) is 3.98. The summed E-state index contributed by atoms with van der Waals surface area (Å²) in [5.41, 5.74) is 2.77. The minimum absolute atomic E-state index is 0.115. The molecule has 7 heteroatoms. The summed E-state index contributed by atoms with van der Waals surface area (Å²) < 4.78 is 5.60. The molecule has 2 aromatic rings. The fourth-order valence-electron chi connectivity index (χ4n) is 3.18. The lowest BCUT2D eigenvalue weighted by molar-refractivity contribution is -0.118. The number of anilines is 1. The van der Waals surface area contributed by atoms with Gasteiger partial charge in [-0.25, -0.2) is 0 Å². The minimum Gasteiger partial charge on any atom is -0.482 e. The number of carbonyl (C=O) groups is 1. The first-order valence-electron chi connectivity index (χ1n) is 9.76. The lowest BCUT2D eigenvalue weighted by Crippen LogP contribution is -2.48. The number of ether oxygens (including phenoxy) is 1. The van der Waals surface area contributed by atoms with E-state index in [9.17, 15) is 4.79 Å². The number of nitrogens with zero attached hydrogens (tertiary/aromatic N) is 2. The lowest BCUT2D eigenvalue weighted by Gasteiger charge is -2.35. The van der Waals surface area contributed by atoms with Crippen molar-refractivity contribution in [2.45, 2.75) is 13.8 Å². The molecule has 1 fully saturated rings. The molecule has 1 aliphatic rings. The molecule has 1 N–H and O–H groups in total. The van der Waals surface area contributed by atoms with Crippen molar-refractivity contribution in [3.05, 3.63) is 58.6 Å². The summed E-state index contributed by atoms with van der Waals surface area (Å²) in [6, 6.07) is 13.1. The van der Waals surface area contributed by atoms with Crippen molar-refractivity contribution in [3.63, 3.8) is 0 Å². The van der Waals surface area contributed by atoms with Gasteiger partial charge in [0.15, 0.2) is 6.61 Å². The van der Waals surface area contributed by atoms with Gasteiger partial charge >= 0.3 is 0 Å². The lowest BCUT2D eigenvalue weighted by atomic mass is 10.2. The van der Waals surface area contributed by atoms with Crippen LogP contribution >= 0.6 is 23.8 Å². The number of carbonyl (C=O) groups excluding carboxylic acids is 1. The second kappa shape index (κ2) is 10.1. The number of benzene rings is 2. The summed E-state index contributed by atoms with van der Waals surface area (Å²) in [7, 11) is 0. The molecule has 0 atom stereocenters. The Hall–Kier alpha value is -2.15. The molecule has 0 aromatic heterocycles. The number of piperazine rings is 1. The van der Waals surface area contributed by atoms with E-state index >= 15 is 0 Å². The number of hydrogen-bond donors (Lipinski definition) is 1. The average Bonchev–Trinajstić information content (AvgIpc) is 2.74. The number of amides is 1. The van der Waals surface area contributed by atoms with Crippen LogP contribution in [0.15, 0.2) is 42.5 Å². The Kier molecular flexibility index (Phi) is 7.47. The monoisotopic (exact) mass is 431 g/mol. The van der Waals surface area contributed by atoms with Crippen LogP contribution in [0.5, 0.6) is 5.75 Å². The van der Waals surface area contributed by atoms with Crippen LogP contribution in [0.4, 0.5) is 5.69 Å². The van der Waals surface area contributed by atoms with E-state index in [0.717, 1.165) is 54.5 Å². The van der Waals surface area contributed by atoms with Gasteiger partial charge in [0.1, 0.15) is 10.7 Å². The van der Waals surface area contributed by atoms with Crippen LogP contribution in [0, 0.1) is 6.92 Å². The number of rotatable bonds is 6. The van der Waals surface area contributed by atoms with Crippen molar-refractivity contribution in [3.8, 4) is 5.75 Å². The Morgan fingerprint density at radius 2 is 1.83 bits per heavy atom. The molecule has 0 unspecified atom stereocenters. The van der Waals surface area contributed by atoms with E-state index in [4.69, 9.17) is 28.6 Å². The fraction of sp³-hybridized carbons (Fsp3) is 0.364. The average molecular weight is 432 g/mol. The van der Waals surface area contributed by atoms with Crippen molar-refractivity contribution >= 4 is 40.4 Å². The van der Waals surface area contributed by atoms with Crippen LogP contribution in [-0.2, 0) is 4.79 Å². The first-order valence-corrected chi connectivity index (χ1v) is 10.6. The van der Waals surface area contributed by atoms with E-state index in [2.05, 4.69) is 22.0 Å². The molecule has 3 rings (SSSR count). The molecule has 0 aliphatic carbocycles. The van der Waals surface area contributed by atoms with Gasteiger partial charge in [-0.3, -0.25) is 4.79 Å². The van der Waals surface area contributed by atoms with Crippen molar-refractivity contribution < 1.29 is 9.53 Å². The van der Waals surface area contributed by atoms with Gasteiger partial charge in [0.2, 0.25) is 0 Å². The third kappa shape index (κ3) is 5.92. The molecular weight excluding hydrogens is 406 g/mol. The highest BCUT2D eigenvalue weighted by Crippen LogP contribution is 2.26. The summed E-state index contributed by atoms with van der Waals surface area (Å²) in [6.07, 6.45) is 0. The normalized spacial score (nSPS) is 14.5. The van der Waals surface area contributed by atoms with Crippen molar-refractivity contribution in [1.82, 2.24) is 9.80 Å². The van der Waals surface area contributed by atoms with E-state index < -0.39 is 0 Å². The Bertz CT molecular complexity index is 865. The molecule has 5 nitrogen and oxygen atoms in total. The van der Waals surface area contributed by atoms with Crippen molar-refractivity contribution in [2.24, 2.45) is 0 Å². The summed E-state index contributed by atoms with van der Waals surface area (Å²) >= 11 is 12.0. The number of nitrogens with one attached hydrogen (secondary N) is 1. The van der Waals surface area contributed by atoms with Gasteiger partial charge in [0.25, 0.3) is 5.91 Å². The first-order chi connectivity index (χ1) is 14.0. The molecule has 2 aromatic carbocycles. The second-order valence-corrected chi connectivity index (χ2v) is 7.87. The number of thiocarbonyl (C=S) groups is 1. The molecule has 0 bridgehead atoms. The largest absolute Gasteiger partial charge is 0.482 e. The molecule has 29 heavy (non-hydrogen) atoms. The Labute approximate surface area is 182 Å². The summed E-state index contributed by atoms with van der Waals surface area (Å²) in [5, 5.41) is 3.25. The van der Waals surface area contributed by atoms with Crippen LogP contribution in [0.2, 0.25) is 5.02 Å². The number of hydrogen-bond acceptors (Lipinski definition) is 4. The van der Waals surface area contributed by atoms with Crippen molar-refractivity contribution in [1.29, 1.82) is 0 Å². The van der Waals surface area contributed by atoms with E-state index in [0.29, 0.717) is 10.8 Å². The molecular formula is C22H26ClN3O2S. The summed E-state index contributed by atoms with van der Waals surface area (Å²) in [6.45, 7) is 8.99. The van der Waals surface area contributed by atoms with Crippen LogP contribution in [0.25, 0.3) is 0 Å². The Morgan fingerprint density at radius 1 is 1.14 bits per heavy atom. The maximum absolute atomic E-state index is 12.1. The quantitative estimate of drug-likeness (QED) is 0.701. The van der Waals surface area contributed by atoms with E-state index in [1.807, 2.05) is 43.3 Å². The van der Waals surface area contributed by atoms with Gasteiger partial charge < -0.3 is 19.9 Å². The van der Waals surface area contributed by atoms with Gasteiger partial charge in [0.05, 0.1) is 5.02 Å². The third-order valence-corrected chi connectivity index (χ3v) is 5.77. The van der Waals surface area contributed by atoms with E-state index in [-0.39, 0.29) is 12.5 Å². The standard InChI is InChI=1S/C22H26ClN3O2S/c1-3-25-10-12-26(13-11-25)22(29)17-6-9-20(19(23)14-17)28-15-21(27)24-18-7-4-16(2)5-8-18/h4-9,14H,3,10-13,15H2,1-2H3,(H,24,27). The fourth-order valence-corrected chi connectivity index (χ4v) is 3.72. The van der Waals surface area contributed by atoms with E-state index in [1.54, 1.807) is 6.07 Å². The molecule has 0 saturated carbocycles. The number of likely N-dealkylation sites (N-methyl/N-ethyl adjacent to an activating group) is 1. The second-order valence-electron chi connectivity index (χ2n) is 7.07. The highest BCUT2D eigenvalue weighted by Gasteiger charge is 2.19. The molecule has 0 spiro atoms. The van der Waals surface area contributed by atoms with Crippen LogP contribution < -0.4 is 10.1 Å². The van der Waals surface area contributed by atoms with Crippen molar-refractivity contribution in [2.75, 3.05) is 44.6 Å². The Balaban J connectivity index is 1.54. The predicted molar refractivity (Wildman–Crippen MR) is 122 cm³/mol. The highest BCUT2D eigenvalue weighted by atomic mass is 35.5. The van der Waals surface area contributed by atoms with Crippen LogP contribution in [0.3, 0.4) is 0 Å².